The number of fused-ring (bicyclic) bond motifs is 1. The van der Waals surface area contributed by atoms with Crippen LogP contribution in [-0.2, 0) is 11.9 Å². The Hall–Kier alpha value is -2.30. The first kappa shape index (κ1) is 11.8. The molecule has 98 valence electrons. The molecule has 2 heterocycles. The van der Waals surface area contributed by atoms with E-state index in [1.807, 2.05) is 42.1 Å². The summed E-state index contributed by atoms with van der Waals surface area (Å²) in [7, 11) is 1.97. The molecular weight excluding hydrogens is 242 g/mol. The number of nitrogens with one attached hydrogen (secondary N) is 1. The molecular formula is C14H15N3O2. The second kappa shape index (κ2) is 4.76. The number of carbonyl (C=O) groups excluding carboxylic acids is 1. The molecule has 0 saturated heterocycles. The number of hydrogen-bond donors (Lipinski definition) is 1. The van der Waals surface area contributed by atoms with E-state index < -0.39 is 0 Å². The average Bonchev–Trinajstić information content (AvgIpc) is 3.06. The van der Waals surface area contributed by atoms with Crippen molar-refractivity contribution in [2.24, 2.45) is 12.2 Å². The molecule has 1 aliphatic rings. The highest BCUT2D eigenvalue weighted by molar-refractivity contribution is 6.07. The fourth-order valence-corrected chi connectivity index (χ4v) is 2.24. The summed E-state index contributed by atoms with van der Waals surface area (Å²) in [4.78, 5) is 17.1. The van der Waals surface area contributed by atoms with Crippen molar-refractivity contribution in [3.63, 3.8) is 0 Å². The highest BCUT2D eigenvalue weighted by Crippen LogP contribution is 2.19. The van der Waals surface area contributed by atoms with E-state index in [9.17, 15) is 4.79 Å². The third-order valence-corrected chi connectivity index (χ3v) is 3.30. The van der Waals surface area contributed by atoms with Gasteiger partial charge in [-0.15, -0.1) is 0 Å². The van der Waals surface area contributed by atoms with Gasteiger partial charge in [0.05, 0.1) is 12.3 Å². The van der Waals surface area contributed by atoms with Crippen LogP contribution >= 0.6 is 0 Å². The van der Waals surface area contributed by atoms with Crippen LogP contribution in [0.4, 0.5) is 0 Å². The summed E-state index contributed by atoms with van der Waals surface area (Å²) >= 11 is 0. The molecule has 2 aromatic rings. The van der Waals surface area contributed by atoms with Gasteiger partial charge in [-0.3, -0.25) is 4.79 Å². The molecule has 1 N–H and O–H groups in total. The number of amides is 1. The maximum Gasteiger partial charge on any atom is 0.252 e. The summed E-state index contributed by atoms with van der Waals surface area (Å²) in [5.41, 5.74) is 2.63. The summed E-state index contributed by atoms with van der Waals surface area (Å²) in [6.07, 6.45) is 2.74. The van der Waals surface area contributed by atoms with Gasteiger partial charge in [0, 0.05) is 36.1 Å². The molecule has 5 nitrogen and oxygen atoms in total. The SMILES string of the molecule is Cn1ccc2c(C(=O)NCC3=NOCC3)cccc21. The zero-order valence-corrected chi connectivity index (χ0v) is 10.7. The van der Waals surface area contributed by atoms with E-state index in [1.54, 1.807) is 0 Å². The van der Waals surface area contributed by atoms with E-state index in [-0.39, 0.29) is 5.91 Å². The molecule has 0 bridgehead atoms. The molecule has 1 aromatic carbocycles. The Labute approximate surface area is 110 Å². The number of hydrogen-bond acceptors (Lipinski definition) is 3. The van der Waals surface area contributed by atoms with Gasteiger partial charge in [0.1, 0.15) is 6.61 Å². The standard InChI is InChI=1S/C14H15N3O2/c1-17-7-5-11-12(3-2-4-13(11)17)14(18)15-9-10-6-8-19-16-10/h2-5,7H,6,8-9H2,1H3,(H,15,18). The predicted molar refractivity (Wildman–Crippen MR) is 73.3 cm³/mol. The van der Waals surface area contributed by atoms with E-state index in [0.29, 0.717) is 18.7 Å². The van der Waals surface area contributed by atoms with E-state index in [0.717, 1.165) is 23.0 Å². The monoisotopic (exact) mass is 257 g/mol. The number of aromatic nitrogens is 1. The second-order valence-corrected chi connectivity index (χ2v) is 4.59. The van der Waals surface area contributed by atoms with Crippen LogP contribution in [0.3, 0.4) is 0 Å². The summed E-state index contributed by atoms with van der Waals surface area (Å²) in [5.74, 6) is -0.0774. The lowest BCUT2D eigenvalue weighted by Gasteiger charge is -2.06. The van der Waals surface area contributed by atoms with Gasteiger partial charge >= 0.3 is 0 Å². The number of benzene rings is 1. The maximum atomic E-state index is 12.2. The third kappa shape index (κ3) is 2.19. The van der Waals surface area contributed by atoms with E-state index in [2.05, 4.69) is 10.5 Å². The third-order valence-electron chi connectivity index (χ3n) is 3.30. The van der Waals surface area contributed by atoms with Gasteiger partial charge in [0.2, 0.25) is 0 Å². The topological polar surface area (TPSA) is 55.6 Å². The Bertz CT molecular complexity index is 658. The molecule has 0 aliphatic carbocycles. The van der Waals surface area contributed by atoms with E-state index in [4.69, 9.17) is 4.84 Å². The lowest BCUT2D eigenvalue weighted by molar-refractivity contribution is 0.0961. The number of rotatable bonds is 3. The van der Waals surface area contributed by atoms with Crippen molar-refractivity contribution >= 4 is 22.5 Å². The van der Waals surface area contributed by atoms with E-state index in [1.165, 1.54) is 0 Å². The molecule has 1 aromatic heterocycles. The molecule has 3 rings (SSSR count). The van der Waals surface area contributed by atoms with Gasteiger partial charge < -0.3 is 14.7 Å². The molecule has 0 saturated carbocycles. The Morgan fingerprint density at radius 2 is 2.37 bits per heavy atom. The van der Waals surface area contributed by atoms with Gasteiger partial charge in [0.25, 0.3) is 5.91 Å². The van der Waals surface area contributed by atoms with Crippen LogP contribution in [0.2, 0.25) is 0 Å². The Balaban J connectivity index is 1.81. The molecule has 0 atom stereocenters. The van der Waals surface area contributed by atoms with Crippen molar-refractivity contribution < 1.29 is 9.63 Å². The minimum Gasteiger partial charge on any atom is -0.395 e. The summed E-state index contributed by atoms with van der Waals surface area (Å²) in [6.45, 7) is 1.06. The van der Waals surface area contributed by atoms with Crippen molar-refractivity contribution in [1.29, 1.82) is 0 Å². The first-order valence-electron chi connectivity index (χ1n) is 6.25. The molecule has 1 amide bonds. The quantitative estimate of drug-likeness (QED) is 0.909. The largest absolute Gasteiger partial charge is 0.395 e. The second-order valence-electron chi connectivity index (χ2n) is 4.59. The van der Waals surface area contributed by atoms with Crippen LogP contribution in [0, 0.1) is 0 Å². The summed E-state index contributed by atoms with van der Waals surface area (Å²) < 4.78 is 2.00. The molecule has 0 fully saturated rings. The first-order valence-corrected chi connectivity index (χ1v) is 6.25. The zero-order valence-electron chi connectivity index (χ0n) is 10.7. The Kier molecular flexibility index (Phi) is 2.95. The molecule has 0 unspecified atom stereocenters. The Morgan fingerprint density at radius 1 is 1.47 bits per heavy atom. The van der Waals surface area contributed by atoms with Crippen molar-refractivity contribution in [3.8, 4) is 0 Å². The highest BCUT2D eigenvalue weighted by Gasteiger charge is 2.13. The normalized spacial score (nSPS) is 14.3. The summed E-state index contributed by atoms with van der Waals surface area (Å²) in [5, 5.41) is 7.71. The number of nitrogens with zero attached hydrogens (tertiary/aromatic N) is 2. The number of oxime groups is 1. The first-order chi connectivity index (χ1) is 9.25. The smallest absolute Gasteiger partial charge is 0.252 e. The van der Waals surface area contributed by atoms with Crippen molar-refractivity contribution in [3.05, 3.63) is 36.0 Å². The fourth-order valence-electron chi connectivity index (χ4n) is 2.24. The number of carbonyl (C=O) groups is 1. The summed E-state index contributed by atoms with van der Waals surface area (Å²) in [6, 6.07) is 7.69. The van der Waals surface area contributed by atoms with Crippen LogP contribution in [0.5, 0.6) is 0 Å². The average molecular weight is 257 g/mol. The fraction of sp³-hybridized carbons (Fsp3) is 0.286. The molecule has 19 heavy (non-hydrogen) atoms. The predicted octanol–water partition coefficient (Wildman–Crippen LogP) is 1.68. The molecule has 5 heteroatoms. The van der Waals surface area contributed by atoms with Gasteiger partial charge in [-0.2, -0.15) is 0 Å². The van der Waals surface area contributed by atoms with Crippen molar-refractivity contribution in [1.82, 2.24) is 9.88 Å². The highest BCUT2D eigenvalue weighted by atomic mass is 16.6. The minimum absolute atomic E-state index is 0.0774. The van der Waals surface area contributed by atoms with Crippen LogP contribution in [0.15, 0.2) is 35.6 Å². The van der Waals surface area contributed by atoms with Crippen LogP contribution in [-0.4, -0.2) is 29.3 Å². The lowest BCUT2D eigenvalue weighted by atomic mass is 10.1. The van der Waals surface area contributed by atoms with Crippen LogP contribution in [0.1, 0.15) is 16.8 Å². The van der Waals surface area contributed by atoms with Crippen LogP contribution in [0.25, 0.3) is 10.9 Å². The lowest BCUT2D eigenvalue weighted by Crippen LogP contribution is -2.29. The maximum absolute atomic E-state index is 12.2. The minimum atomic E-state index is -0.0774. The van der Waals surface area contributed by atoms with E-state index >= 15 is 0 Å². The molecule has 0 spiro atoms. The van der Waals surface area contributed by atoms with Gasteiger partial charge in [-0.1, -0.05) is 11.2 Å². The zero-order chi connectivity index (χ0) is 13.2. The number of aryl methyl sites for hydroxylation is 1. The van der Waals surface area contributed by atoms with Gasteiger partial charge in [0.15, 0.2) is 0 Å². The molecule has 1 aliphatic heterocycles. The molecule has 0 radical (unpaired) electrons. The van der Waals surface area contributed by atoms with Crippen molar-refractivity contribution in [2.75, 3.05) is 13.2 Å². The van der Waals surface area contributed by atoms with Gasteiger partial charge in [-0.25, -0.2) is 0 Å². The van der Waals surface area contributed by atoms with Gasteiger partial charge in [-0.05, 0) is 18.2 Å². The van der Waals surface area contributed by atoms with Crippen LogP contribution < -0.4 is 5.32 Å². The van der Waals surface area contributed by atoms with Crippen molar-refractivity contribution in [2.45, 2.75) is 6.42 Å². The Morgan fingerprint density at radius 3 is 3.16 bits per heavy atom.